The molecule has 1 N–H and O–H groups in total. The number of likely N-dealkylation sites (N-methyl/N-ethyl adjacent to an activating group) is 1. The van der Waals surface area contributed by atoms with Gasteiger partial charge in [0.2, 0.25) is 5.91 Å². The van der Waals surface area contributed by atoms with Crippen molar-refractivity contribution in [1.29, 1.82) is 0 Å². The zero-order valence-electron chi connectivity index (χ0n) is 12.7. The van der Waals surface area contributed by atoms with Crippen LogP contribution in [0.15, 0.2) is 29.2 Å². The Bertz CT molecular complexity index is 409. The molecule has 0 saturated heterocycles. The summed E-state index contributed by atoms with van der Waals surface area (Å²) in [5.74, 6) is 0.0257. The van der Waals surface area contributed by atoms with Crippen molar-refractivity contribution in [2.75, 3.05) is 33.6 Å². The number of benzene rings is 1. The lowest BCUT2D eigenvalue weighted by Crippen LogP contribution is -2.41. The highest BCUT2D eigenvalue weighted by Gasteiger charge is 2.10. The number of rotatable bonds is 8. The Morgan fingerprint density at radius 2 is 2.05 bits per heavy atom. The average Bonchev–Trinajstić information content (AvgIpc) is 2.39. The minimum Gasteiger partial charge on any atom is -0.383 e. The summed E-state index contributed by atoms with van der Waals surface area (Å²) in [6.07, 6.45) is 2.06. The second-order valence-electron chi connectivity index (χ2n) is 4.94. The standard InChI is InChI=1S/C15H24N2O2S/c1-12(11-19-3)16-15(18)10-17(2)9-13-5-7-14(20-4)8-6-13/h5-8,12H,9-11H2,1-4H3,(H,16,18). The van der Waals surface area contributed by atoms with Crippen LogP contribution in [-0.4, -0.2) is 50.4 Å². The van der Waals surface area contributed by atoms with E-state index in [9.17, 15) is 4.79 Å². The molecule has 0 aromatic heterocycles. The number of carbonyl (C=O) groups excluding carboxylic acids is 1. The summed E-state index contributed by atoms with van der Waals surface area (Å²) in [7, 11) is 3.58. The maximum atomic E-state index is 11.8. The first kappa shape index (κ1) is 17.0. The first-order valence-electron chi connectivity index (χ1n) is 6.65. The molecule has 1 unspecified atom stereocenters. The zero-order valence-corrected chi connectivity index (χ0v) is 13.5. The molecule has 4 nitrogen and oxygen atoms in total. The highest BCUT2D eigenvalue weighted by Crippen LogP contribution is 2.15. The van der Waals surface area contributed by atoms with Crippen molar-refractivity contribution in [3.8, 4) is 0 Å². The molecule has 0 aliphatic heterocycles. The molecule has 1 rings (SSSR count). The van der Waals surface area contributed by atoms with Crippen molar-refractivity contribution >= 4 is 17.7 Å². The summed E-state index contributed by atoms with van der Waals surface area (Å²) < 4.78 is 5.00. The van der Waals surface area contributed by atoms with E-state index in [1.165, 1.54) is 10.5 Å². The first-order chi connectivity index (χ1) is 9.55. The topological polar surface area (TPSA) is 41.6 Å². The van der Waals surface area contributed by atoms with Gasteiger partial charge in [-0.05, 0) is 37.9 Å². The van der Waals surface area contributed by atoms with Crippen LogP contribution in [0.5, 0.6) is 0 Å². The molecule has 5 heteroatoms. The van der Waals surface area contributed by atoms with Gasteiger partial charge in [0.25, 0.3) is 0 Å². The number of nitrogens with one attached hydrogen (secondary N) is 1. The fourth-order valence-electron chi connectivity index (χ4n) is 1.96. The summed E-state index contributed by atoms with van der Waals surface area (Å²) >= 11 is 1.73. The molecule has 0 spiro atoms. The van der Waals surface area contributed by atoms with Gasteiger partial charge in [0.05, 0.1) is 13.2 Å². The van der Waals surface area contributed by atoms with Crippen molar-refractivity contribution in [2.24, 2.45) is 0 Å². The number of carbonyl (C=O) groups is 1. The molecule has 0 heterocycles. The molecule has 0 aliphatic rings. The van der Waals surface area contributed by atoms with Gasteiger partial charge >= 0.3 is 0 Å². The van der Waals surface area contributed by atoms with Gasteiger partial charge in [0, 0.05) is 24.6 Å². The van der Waals surface area contributed by atoms with Crippen LogP contribution in [-0.2, 0) is 16.1 Å². The summed E-state index contributed by atoms with van der Waals surface area (Å²) in [4.78, 5) is 15.1. The van der Waals surface area contributed by atoms with Crippen LogP contribution in [0.2, 0.25) is 0 Å². The van der Waals surface area contributed by atoms with Gasteiger partial charge < -0.3 is 10.1 Å². The lowest BCUT2D eigenvalue weighted by molar-refractivity contribution is -0.123. The third-order valence-corrected chi connectivity index (χ3v) is 3.59. The van der Waals surface area contributed by atoms with E-state index in [4.69, 9.17) is 4.74 Å². The molecule has 1 amide bonds. The summed E-state index contributed by atoms with van der Waals surface area (Å²) in [6.45, 7) is 3.62. The third kappa shape index (κ3) is 6.41. The highest BCUT2D eigenvalue weighted by atomic mass is 32.2. The Hall–Kier alpha value is -1.04. The molecule has 1 atom stereocenters. The fourth-order valence-corrected chi connectivity index (χ4v) is 2.36. The Morgan fingerprint density at radius 3 is 2.60 bits per heavy atom. The van der Waals surface area contributed by atoms with Gasteiger partial charge in [0.15, 0.2) is 0 Å². The number of hydrogen-bond donors (Lipinski definition) is 1. The Balaban J connectivity index is 2.38. The largest absolute Gasteiger partial charge is 0.383 e. The van der Waals surface area contributed by atoms with Gasteiger partial charge in [-0.3, -0.25) is 9.69 Å². The van der Waals surface area contributed by atoms with Crippen LogP contribution in [0.3, 0.4) is 0 Å². The lowest BCUT2D eigenvalue weighted by Gasteiger charge is -2.18. The van der Waals surface area contributed by atoms with E-state index in [-0.39, 0.29) is 11.9 Å². The number of ether oxygens (including phenoxy) is 1. The first-order valence-corrected chi connectivity index (χ1v) is 7.87. The van der Waals surface area contributed by atoms with Crippen molar-refractivity contribution in [3.05, 3.63) is 29.8 Å². The van der Waals surface area contributed by atoms with Gasteiger partial charge in [-0.1, -0.05) is 12.1 Å². The Kier molecular flexibility index (Phi) is 7.65. The predicted octanol–water partition coefficient (Wildman–Crippen LogP) is 1.99. The normalized spacial score (nSPS) is 12.4. The fraction of sp³-hybridized carbons (Fsp3) is 0.533. The van der Waals surface area contributed by atoms with Crippen molar-refractivity contribution in [3.63, 3.8) is 0 Å². The molecule has 1 aromatic rings. The number of hydrogen-bond acceptors (Lipinski definition) is 4. The van der Waals surface area contributed by atoms with E-state index in [1.54, 1.807) is 18.9 Å². The predicted molar refractivity (Wildman–Crippen MR) is 84.0 cm³/mol. The number of thioether (sulfide) groups is 1. The SMILES string of the molecule is COCC(C)NC(=O)CN(C)Cc1ccc(SC)cc1. The zero-order chi connectivity index (χ0) is 15.0. The van der Waals surface area contributed by atoms with E-state index in [2.05, 4.69) is 35.8 Å². The quantitative estimate of drug-likeness (QED) is 0.745. The van der Waals surface area contributed by atoms with E-state index in [1.807, 2.05) is 18.9 Å². The smallest absolute Gasteiger partial charge is 0.234 e. The van der Waals surface area contributed by atoms with Crippen molar-refractivity contribution < 1.29 is 9.53 Å². The van der Waals surface area contributed by atoms with Crippen LogP contribution in [0.4, 0.5) is 0 Å². The summed E-state index contributed by atoms with van der Waals surface area (Å²) in [6, 6.07) is 8.46. The van der Waals surface area contributed by atoms with Gasteiger partial charge in [-0.15, -0.1) is 11.8 Å². The molecular weight excluding hydrogens is 272 g/mol. The summed E-state index contributed by atoms with van der Waals surface area (Å²) in [5.41, 5.74) is 1.21. The second kappa shape index (κ2) is 9.00. The van der Waals surface area contributed by atoms with Crippen LogP contribution >= 0.6 is 11.8 Å². The van der Waals surface area contributed by atoms with Gasteiger partial charge in [0.1, 0.15) is 0 Å². The van der Waals surface area contributed by atoms with Crippen molar-refractivity contribution in [2.45, 2.75) is 24.4 Å². The van der Waals surface area contributed by atoms with Gasteiger partial charge in [-0.25, -0.2) is 0 Å². The maximum absolute atomic E-state index is 11.8. The van der Waals surface area contributed by atoms with E-state index in [0.717, 1.165) is 6.54 Å². The van der Waals surface area contributed by atoms with Crippen LogP contribution in [0.1, 0.15) is 12.5 Å². The van der Waals surface area contributed by atoms with Crippen molar-refractivity contribution in [1.82, 2.24) is 10.2 Å². The molecule has 0 saturated carbocycles. The lowest BCUT2D eigenvalue weighted by atomic mass is 10.2. The average molecular weight is 296 g/mol. The van der Waals surface area contributed by atoms with Crippen LogP contribution in [0, 0.1) is 0 Å². The Morgan fingerprint density at radius 1 is 1.40 bits per heavy atom. The molecule has 0 aliphatic carbocycles. The molecule has 1 aromatic carbocycles. The molecule has 0 fully saturated rings. The molecular formula is C15H24N2O2S. The number of methoxy groups -OCH3 is 1. The van der Waals surface area contributed by atoms with Gasteiger partial charge in [-0.2, -0.15) is 0 Å². The van der Waals surface area contributed by atoms with E-state index >= 15 is 0 Å². The monoisotopic (exact) mass is 296 g/mol. The molecule has 0 bridgehead atoms. The highest BCUT2D eigenvalue weighted by molar-refractivity contribution is 7.98. The summed E-state index contributed by atoms with van der Waals surface area (Å²) in [5, 5.41) is 2.91. The number of nitrogens with zero attached hydrogens (tertiary/aromatic N) is 1. The van der Waals surface area contributed by atoms with Crippen LogP contribution < -0.4 is 5.32 Å². The number of amides is 1. The van der Waals surface area contributed by atoms with E-state index < -0.39 is 0 Å². The molecule has 0 radical (unpaired) electrons. The minimum atomic E-state index is 0.0257. The van der Waals surface area contributed by atoms with Crippen LogP contribution in [0.25, 0.3) is 0 Å². The molecule has 112 valence electrons. The Labute approximate surface area is 125 Å². The third-order valence-electron chi connectivity index (χ3n) is 2.85. The van der Waals surface area contributed by atoms with E-state index in [0.29, 0.717) is 13.2 Å². The maximum Gasteiger partial charge on any atom is 0.234 e. The minimum absolute atomic E-state index is 0.0257. The molecule has 20 heavy (non-hydrogen) atoms. The second-order valence-corrected chi connectivity index (χ2v) is 5.82.